The standard InChI is InChI=1S/C16H25N3O3S/c1-12-11-23-16(17-12)18-14(20)10-19(8-5-9-22-2)15(21)13-6-3-4-7-13/h11,13H,3-10H2,1-2H3,(H,17,18,20). The fraction of sp³-hybridized carbons (Fsp3) is 0.688. The number of ether oxygens (including phenoxy) is 1. The first-order chi connectivity index (χ1) is 11.1. The van der Waals surface area contributed by atoms with Gasteiger partial charge in [-0.05, 0) is 26.2 Å². The van der Waals surface area contributed by atoms with Gasteiger partial charge in [0.2, 0.25) is 11.8 Å². The lowest BCUT2D eigenvalue weighted by Gasteiger charge is -2.25. The zero-order chi connectivity index (χ0) is 16.7. The van der Waals surface area contributed by atoms with E-state index in [4.69, 9.17) is 4.74 Å². The van der Waals surface area contributed by atoms with Crippen molar-refractivity contribution in [2.75, 3.05) is 32.1 Å². The number of aryl methyl sites for hydroxylation is 1. The Kier molecular flexibility index (Phi) is 6.98. The Labute approximate surface area is 141 Å². The van der Waals surface area contributed by atoms with Crippen LogP contribution >= 0.6 is 11.3 Å². The third-order valence-electron chi connectivity index (χ3n) is 3.99. The quantitative estimate of drug-likeness (QED) is 0.739. The number of nitrogens with one attached hydrogen (secondary N) is 1. The molecule has 0 spiro atoms. The second-order valence-electron chi connectivity index (χ2n) is 5.93. The predicted octanol–water partition coefficient (Wildman–Crippen LogP) is 2.45. The summed E-state index contributed by atoms with van der Waals surface area (Å²) in [4.78, 5) is 30.7. The molecule has 0 unspecified atom stereocenters. The zero-order valence-electron chi connectivity index (χ0n) is 13.8. The fourth-order valence-electron chi connectivity index (χ4n) is 2.84. The molecule has 0 saturated heterocycles. The van der Waals surface area contributed by atoms with Crippen molar-refractivity contribution in [3.8, 4) is 0 Å². The van der Waals surface area contributed by atoms with E-state index in [9.17, 15) is 9.59 Å². The number of thiazole rings is 1. The van der Waals surface area contributed by atoms with Crippen LogP contribution in [0.15, 0.2) is 5.38 Å². The molecule has 7 heteroatoms. The molecule has 6 nitrogen and oxygen atoms in total. The number of rotatable bonds is 8. The van der Waals surface area contributed by atoms with Crippen LogP contribution in [-0.2, 0) is 14.3 Å². The van der Waals surface area contributed by atoms with Gasteiger partial charge in [-0.25, -0.2) is 4.98 Å². The molecule has 1 N–H and O–H groups in total. The number of carbonyl (C=O) groups is 2. The summed E-state index contributed by atoms with van der Waals surface area (Å²) in [5, 5.41) is 5.24. The van der Waals surface area contributed by atoms with Crippen LogP contribution in [0.2, 0.25) is 0 Å². The van der Waals surface area contributed by atoms with Crippen molar-refractivity contribution < 1.29 is 14.3 Å². The van der Waals surface area contributed by atoms with Crippen molar-refractivity contribution in [1.82, 2.24) is 9.88 Å². The van der Waals surface area contributed by atoms with Gasteiger partial charge in [-0.1, -0.05) is 12.8 Å². The zero-order valence-corrected chi connectivity index (χ0v) is 14.7. The van der Waals surface area contributed by atoms with Gasteiger partial charge >= 0.3 is 0 Å². The van der Waals surface area contributed by atoms with Gasteiger partial charge in [-0.15, -0.1) is 11.3 Å². The summed E-state index contributed by atoms with van der Waals surface area (Å²) in [7, 11) is 1.64. The largest absolute Gasteiger partial charge is 0.385 e. The first kappa shape index (κ1) is 17.9. The summed E-state index contributed by atoms with van der Waals surface area (Å²) in [6.45, 7) is 3.10. The Hall–Kier alpha value is -1.47. The highest BCUT2D eigenvalue weighted by Crippen LogP contribution is 2.26. The molecule has 1 heterocycles. The molecule has 1 aromatic heterocycles. The third-order valence-corrected chi connectivity index (χ3v) is 4.87. The molecule has 1 aliphatic carbocycles. The number of amides is 2. The van der Waals surface area contributed by atoms with Crippen molar-refractivity contribution in [3.63, 3.8) is 0 Å². The number of anilines is 1. The van der Waals surface area contributed by atoms with Crippen LogP contribution in [0.3, 0.4) is 0 Å². The van der Waals surface area contributed by atoms with E-state index in [1.165, 1.54) is 11.3 Å². The van der Waals surface area contributed by atoms with Gasteiger partial charge in [0.15, 0.2) is 5.13 Å². The molecule has 1 saturated carbocycles. The first-order valence-corrected chi connectivity index (χ1v) is 8.98. The van der Waals surface area contributed by atoms with E-state index < -0.39 is 0 Å². The van der Waals surface area contributed by atoms with Gasteiger partial charge in [0.25, 0.3) is 0 Å². The Morgan fingerprint density at radius 1 is 1.43 bits per heavy atom. The van der Waals surface area contributed by atoms with Crippen molar-refractivity contribution >= 4 is 28.3 Å². The van der Waals surface area contributed by atoms with E-state index in [2.05, 4.69) is 10.3 Å². The van der Waals surface area contributed by atoms with Gasteiger partial charge in [-0.3, -0.25) is 9.59 Å². The minimum atomic E-state index is -0.192. The van der Waals surface area contributed by atoms with E-state index in [1.807, 2.05) is 12.3 Å². The smallest absolute Gasteiger partial charge is 0.245 e. The van der Waals surface area contributed by atoms with Crippen molar-refractivity contribution in [1.29, 1.82) is 0 Å². The van der Waals surface area contributed by atoms with Gasteiger partial charge < -0.3 is 15.0 Å². The molecule has 1 fully saturated rings. The number of hydrogen-bond acceptors (Lipinski definition) is 5. The second kappa shape index (κ2) is 8.98. The molecule has 128 valence electrons. The Bertz CT molecular complexity index is 526. The molecule has 0 aromatic carbocycles. The normalized spacial score (nSPS) is 14.9. The SMILES string of the molecule is COCCCN(CC(=O)Nc1nc(C)cs1)C(=O)C1CCCC1. The first-order valence-electron chi connectivity index (χ1n) is 8.10. The average molecular weight is 339 g/mol. The summed E-state index contributed by atoms with van der Waals surface area (Å²) in [6.07, 6.45) is 4.82. The van der Waals surface area contributed by atoms with Crippen LogP contribution in [0.1, 0.15) is 37.8 Å². The number of nitrogens with zero attached hydrogens (tertiary/aromatic N) is 2. The molecular weight excluding hydrogens is 314 g/mol. The summed E-state index contributed by atoms with van der Waals surface area (Å²) >= 11 is 1.39. The molecule has 0 bridgehead atoms. The summed E-state index contributed by atoms with van der Waals surface area (Å²) in [5.41, 5.74) is 0.879. The number of methoxy groups -OCH3 is 1. The average Bonchev–Trinajstić information content (AvgIpc) is 3.17. The highest BCUT2D eigenvalue weighted by molar-refractivity contribution is 7.13. The van der Waals surface area contributed by atoms with Crippen molar-refractivity contribution in [2.24, 2.45) is 5.92 Å². The van der Waals surface area contributed by atoms with Crippen LogP contribution in [0.4, 0.5) is 5.13 Å². The molecule has 23 heavy (non-hydrogen) atoms. The second-order valence-corrected chi connectivity index (χ2v) is 6.79. The maximum absolute atomic E-state index is 12.6. The minimum absolute atomic E-state index is 0.0763. The van der Waals surface area contributed by atoms with E-state index in [0.717, 1.165) is 37.8 Å². The maximum Gasteiger partial charge on any atom is 0.245 e. The maximum atomic E-state index is 12.6. The van der Waals surface area contributed by atoms with Gasteiger partial charge in [-0.2, -0.15) is 0 Å². The van der Waals surface area contributed by atoms with Crippen LogP contribution in [0.25, 0.3) is 0 Å². The van der Waals surface area contributed by atoms with Crippen LogP contribution in [0.5, 0.6) is 0 Å². The molecule has 0 atom stereocenters. The topological polar surface area (TPSA) is 71.5 Å². The van der Waals surface area contributed by atoms with E-state index in [0.29, 0.717) is 18.3 Å². The summed E-state index contributed by atoms with van der Waals surface area (Å²) in [6, 6.07) is 0. The third kappa shape index (κ3) is 5.58. The van der Waals surface area contributed by atoms with Crippen molar-refractivity contribution in [3.05, 3.63) is 11.1 Å². The fourth-order valence-corrected chi connectivity index (χ4v) is 3.55. The molecule has 2 amide bonds. The van der Waals surface area contributed by atoms with Crippen molar-refractivity contribution in [2.45, 2.75) is 39.0 Å². The van der Waals surface area contributed by atoms with Gasteiger partial charge in [0.05, 0.1) is 12.2 Å². The summed E-state index contributed by atoms with van der Waals surface area (Å²) < 4.78 is 5.05. The highest BCUT2D eigenvalue weighted by Gasteiger charge is 2.28. The lowest BCUT2D eigenvalue weighted by Crippen LogP contribution is -2.41. The molecule has 2 rings (SSSR count). The van der Waals surface area contributed by atoms with E-state index >= 15 is 0 Å². The Morgan fingerprint density at radius 3 is 2.78 bits per heavy atom. The molecule has 1 aliphatic rings. The van der Waals surface area contributed by atoms with Crippen LogP contribution < -0.4 is 5.32 Å². The lowest BCUT2D eigenvalue weighted by atomic mass is 10.1. The molecule has 0 aliphatic heterocycles. The monoisotopic (exact) mass is 339 g/mol. The predicted molar refractivity (Wildman–Crippen MR) is 90.5 cm³/mol. The van der Waals surface area contributed by atoms with Crippen LogP contribution in [0, 0.1) is 12.8 Å². The minimum Gasteiger partial charge on any atom is -0.385 e. The lowest BCUT2D eigenvalue weighted by molar-refractivity contribution is -0.138. The number of hydrogen-bond donors (Lipinski definition) is 1. The Balaban J connectivity index is 1.92. The molecule has 1 aromatic rings. The Morgan fingerprint density at radius 2 is 2.17 bits per heavy atom. The van der Waals surface area contributed by atoms with Gasteiger partial charge in [0, 0.05) is 31.6 Å². The van der Waals surface area contributed by atoms with E-state index in [1.54, 1.807) is 12.0 Å². The van der Waals surface area contributed by atoms with Crippen LogP contribution in [-0.4, -0.2) is 48.5 Å². The number of carbonyl (C=O) groups excluding carboxylic acids is 2. The highest BCUT2D eigenvalue weighted by atomic mass is 32.1. The molecular formula is C16H25N3O3S. The van der Waals surface area contributed by atoms with Gasteiger partial charge in [0.1, 0.15) is 0 Å². The number of aromatic nitrogens is 1. The summed E-state index contributed by atoms with van der Waals surface area (Å²) in [5.74, 6) is -0.0142. The van der Waals surface area contributed by atoms with E-state index in [-0.39, 0.29) is 24.3 Å². The molecule has 0 radical (unpaired) electrons.